The molecule has 1 heterocycles. The van der Waals surface area contributed by atoms with Crippen molar-refractivity contribution in [3.05, 3.63) is 35.8 Å². The fourth-order valence-corrected chi connectivity index (χ4v) is 2.95. The Morgan fingerprint density at radius 3 is 2.68 bits per heavy atom. The van der Waals surface area contributed by atoms with Crippen molar-refractivity contribution in [1.82, 2.24) is 4.72 Å². The van der Waals surface area contributed by atoms with Crippen LogP contribution in [0.1, 0.15) is 5.56 Å². The largest absolute Gasteiger partial charge is 0.493 e. The Morgan fingerprint density at radius 1 is 1.28 bits per heavy atom. The molecule has 0 radical (unpaired) electrons. The van der Waals surface area contributed by atoms with Gasteiger partial charge in [-0.25, -0.2) is 17.9 Å². The average Bonchev–Trinajstić information content (AvgIpc) is 2.62. The Hall–Kier alpha value is -2.59. The first-order chi connectivity index (χ1) is 11.8. The fourth-order valence-electron chi connectivity index (χ4n) is 1.95. The summed E-state index contributed by atoms with van der Waals surface area (Å²) in [5.41, 5.74) is 0.789. The van der Waals surface area contributed by atoms with Gasteiger partial charge in [0, 0.05) is 5.69 Å². The van der Waals surface area contributed by atoms with Crippen molar-refractivity contribution < 1.29 is 32.2 Å². The maximum atomic E-state index is 11.9. The first-order valence-electron chi connectivity index (χ1n) is 7.29. The minimum Gasteiger partial charge on any atom is -0.493 e. The minimum absolute atomic E-state index is 0.0442. The summed E-state index contributed by atoms with van der Waals surface area (Å²) in [6.07, 6.45) is 1.12. The van der Waals surface area contributed by atoms with E-state index in [2.05, 4.69) is 10.0 Å². The molecule has 0 aromatic heterocycles. The van der Waals surface area contributed by atoms with Crippen LogP contribution in [0.3, 0.4) is 0 Å². The number of sulfonamides is 1. The quantitative estimate of drug-likeness (QED) is 0.690. The van der Waals surface area contributed by atoms with Crippen molar-refractivity contribution in [2.75, 3.05) is 32.2 Å². The lowest BCUT2D eigenvalue weighted by Gasteiger charge is -2.14. The molecule has 0 spiro atoms. The zero-order chi connectivity index (χ0) is 18.4. The monoisotopic (exact) mass is 370 g/mol. The lowest BCUT2D eigenvalue weighted by atomic mass is 10.2. The zero-order valence-electron chi connectivity index (χ0n) is 13.7. The van der Waals surface area contributed by atoms with E-state index in [9.17, 15) is 18.0 Å². The van der Waals surface area contributed by atoms with Gasteiger partial charge in [0.25, 0.3) is 5.91 Å². The Bertz CT molecular complexity index is 802. The summed E-state index contributed by atoms with van der Waals surface area (Å²) in [6.45, 7) is 1.64. The molecular weight excluding hydrogens is 352 g/mol. The SMILES string of the molecule is CNS(=O)(=O)c1cc(NC(=O)COC(=O)C2=COCCO2)ccc1C. The molecule has 0 saturated heterocycles. The van der Waals surface area contributed by atoms with Crippen LogP contribution in [0.5, 0.6) is 0 Å². The van der Waals surface area contributed by atoms with Crippen molar-refractivity contribution in [2.24, 2.45) is 0 Å². The molecule has 1 aliphatic rings. The van der Waals surface area contributed by atoms with Crippen LogP contribution in [-0.4, -0.2) is 47.2 Å². The highest BCUT2D eigenvalue weighted by atomic mass is 32.2. The first-order valence-corrected chi connectivity index (χ1v) is 8.77. The van der Waals surface area contributed by atoms with Gasteiger partial charge in [-0.1, -0.05) is 6.07 Å². The number of benzene rings is 1. The van der Waals surface area contributed by atoms with Crippen molar-refractivity contribution in [2.45, 2.75) is 11.8 Å². The standard InChI is InChI=1S/C15H18N2O7S/c1-10-3-4-11(7-13(10)25(20,21)16-2)17-14(18)9-24-15(19)12-8-22-5-6-23-12/h3-4,7-8,16H,5-6,9H2,1-2H3,(H,17,18). The summed E-state index contributed by atoms with van der Waals surface area (Å²) in [5.74, 6) is -1.56. The number of amides is 1. The Labute approximate surface area is 145 Å². The number of carbonyl (C=O) groups is 2. The van der Waals surface area contributed by atoms with E-state index >= 15 is 0 Å². The number of hydrogen-bond donors (Lipinski definition) is 2. The van der Waals surface area contributed by atoms with Gasteiger partial charge < -0.3 is 19.5 Å². The fraction of sp³-hybridized carbons (Fsp3) is 0.333. The molecule has 2 N–H and O–H groups in total. The van der Waals surface area contributed by atoms with Gasteiger partial charge in [-0.2, -0.15) is 0 Å². The minimum atomic E-state index is -3.65. The second kappa shape index (κ2) is 7.99. The van der Waals surface area contributed by atoms with Crippen LogP contribution in [0.4, 0.5) is 5.69 Å². The molecule has 10 heteroatoms. The highest BCUT2D eigenvalue weighted by molar-refractivity contribution is 7.89. The Balaban J connectivity index is 1.98. The normalized spacial score (nSPS) is 13.9. The van der Waals surface area contributed by atoms with E-state index in [-0.39, 0.29) is 22.9 Å². The molecule has 25 heavy (non-hydrogen) atoms. The van der Waals surface area contributed by atoms with Crippen LogP contribution in [-0.2, 0) is 33.8 Å². The van der Waals surface area contributed by atoms with E-state index in [4.69, 9.17) is 14.2 Å². The highest BCUT2D eigenvalue weighted by Crippen LogP contribution is 2.20. The van der Waals surface area contributed by atoms with Crippen LogP contribution < -0.4 is 10.0 Å². The zero-order valence-corrected chi connectivity index (χ0v) is 14.5. The lowest BCUT2D eigenvalue weighted by Crippen LogP contribution is -2.24. The molecule has 9 nitrogen and oxygen atoms in total. The smallest absolute Gasteiger partial charge is 0.377 e. The second-order valence-corrected chi connectivity index (χ2v) is 6.87. The molecule has 1 amide bonds. The van der Waals surface area contributed by atoms with Crippen molar-refractivity contribution in [3.8, 4) is 0 Å². The Morgan fingerprint density at radius 2 is 2.04 bits per heavy atom. The van der Waals surface area contributed by atoms with Gasteiger partial charge in [0.1, 0.15) is 19.5 Å². The van der Waals surface area contributed by atoms with Crippen molar-refractivity contribution >= 4 is 27.6 Å². The molecule has 0 saturated carbocycles. The number of rotatable bonds is 6. The van der Waals surface area contributed by atoms with E-state index in [0.29, 0.717) is 12.2 Å². The van der Waals surface area contributed by atoms with Crippen LogP contribution in [0, 0.1) is 6.92 Å². The molecule has 2 rings (SSSR count). The number of hydrogen-bond acceptors (Lipinski definition) is 7. The van der Waals surface area contributed by atoms with Crippen LogP contribution >= 0.6 is 0 Å². The van der Waals surface area contributed by atoms with Crippen molar-refractivity contribution in [1.29, 1.82) is 0 Å². The summed E-state index contributed by atoms with van der Waals surface area (Å²) >= 11 is 0. The summed E-state index contributed by atoms with van der Waals surface area (Å²) < 4.78 is 40.8. The van der Waals surface area contributed by atoms with E-state index in [1.165, 1.54) is 13.1 Å². The third-order valence-electron chi connectivity index (χ3n) is 3.21. The maximum absolute atomic E-state index is 11.9. The van der Waals surface area contributed by atoms with Crippen molar-refractivity contribution in [3.63, 3.8) is 0 Å². The number of esters is 1. The molecule has 1 aromatic rings. The first kappa shape index (κ1) is 18.7. The van der Waals surface area contributed by atoms with E-state index in [1.54, 1.807) is 19.1 Å². The third kappa shape index (κ3) is 4.94. The molecule has 0 bridgehead atoms. The topological polar surface area (TPSA) is 120 Å². The number of ether oxygens (including phenoxy) is 3. The number of carbonyl (C=O) groups excluding carboxylic acids is 2. The molecule has 0 unspecified atom stereocenters. The van der Waals surface area contributed by atoms with E-state index < -0.39 is 28.5 Å². The molecule has 136 valence electrons. The van der Waals surface area contributed by atoms with Gasteiger partial charge in [0.2, 0.25) is 15.8 Å². The predicted molar refractivity (Wildman–Crippen MR) is 87.0 cm³/mol. The van der Waals surface area contributed by atoms with Gasteiger partial charge in [-0.3, -0.25) is 4.79 Å². The predicted octanol–water partition coefficient (Wildman–Crippen LogP) is 0.273. The van der Waals surface area contributed by atoms with E-state index in [1.807, 2.05) is 0 Å². The van der Waals surface area contributed by atoms with Gasteiger partial charge in [0.05, 0.1) is 4.90 Å². The Kier molecular flexibility index (Phi) is 5.99. The average molecular weight is 370 g/mol. The summed E-state index contributed by atoms with van der Waals surface area (Å²) in [7, 11) is -2.36. The van der Waals surface area contributed by atoms with Crippen LogP contribution in [0.2, 0.25) is 0 Å². The maximum Gasteiger partial charge on any atom is 0.377 e. The summed E-state index contributed by atoms with van der Waals surface area (Å²) in [6, 6.07) is 4.43. The molecule has 0 aliphatic carbocycles. The number of aryl methyl sites for hydroxylation is 1. The summed E-state index contributed by atoms with van der Waals surface area (Å²) in [4.78, 5) is 23.6. The summed E-state index contributed by atoms with van der Waals surface area (Å²) in [5, 5.41) is 2.46. The molecule has 0 atom stereocenters. The number of nitrogens with one attached hydrogen (secondary N) is 2. The van der Waals surface area contributed by atoms with Gasteiger partial charge >= 0.3 is 5.97 Å². The van der Waals surface area contributed by atoms with E-state index in [0.717, 1.165) is 6.26 Å². The molecular formula is C15H18N2O7S. The van der Waals surface area contributed by atoms with Gasteiger partial charge in [0.15, 0.2) is 6.61 Å². The van der Waals surface area contributed by atoms with Crippen LogP contribution in [0.15, 0.2) is 35.1 Å². The van der Waals surface area contributed by atoms with Crippen LogP contribution in [0.25, 0.3) is 0 Å². The molecule has 0 fully saturated rings. The lowest BCUT2D eigenvalue weighted by molar-refractivity contribution is -0.148. The second-order valence-electron chi connectivity index (χ2n) is 5.01. The number of anilines is 1. The highest BCUT2D eigenvalue weighted by Gasteiger charge is 2.19. The van der Waals surface area contributed by atoms with Gasteiger partial charge in [-0.05, 0) is 31.7 Å². The molecule has 1 aromatic carbocycles. The third-order valence-corrected chi connectivity index (χ3v) is 4.77. The van der Waals surface area contributed by atoms with Gasteiger partial charge in [-0.15, -0.1) is 0 Å². The molecule has 1 aliphatic heterocycles.